The van der Waals surface area contributed by atoms with Crippen LogP contribution in [0.15, 0.2) is 24.3 Å². The van der Waals surface area contributed by atoms with Crippen LogP contribution in [0.5, 0.6) is 0 Å². The van der Waals surface area contributed by atoms with Gasteiger partial charge < -0.3 is 20.3 Å². The smallest absolute Gasteiger partial charge is 0.339 e. The van der Waals surface area contributed by atoms with Crippen LogP contribution in [0.3, 0.4) is 0 Å². The zero-order chi connectivity index (χ0) is 15.0. The number of hydrogen-bond donors (Lipinski definition) is 2. The number of hydrogen-bond acceptors (Lipinski definition) is 5. The third kappa shape index (κ3) is 5.38. The average molecular weight is 279 g/mol. The Morgan fingerprint density at radius 2 is 1.95 bits per heavy atom. The summed E-state index contributed by atoms with van der Waals surface area (Å²) in [6.07, 6.45) is 0. The van der Waals surface area contributed by atoms with E-state index in [4.69, 9.17) is 0 Å². The number of esters is 1. The Kier molecular flexibility index (Phi) is 6.69. The minimum Gasteiger partial charge on any atom is -0.465 e. The van der Waals surface area contributed by atoms with Crippen LogP contribution in [0.1, 0.15) is 10.4 Å². The Bertz CT molecular complexity index is 461. The van der Waals surface area contributed by atoms with Gasteiger partial charge in [0.1, 0.15) is 0 Å². The number of para-hydroxylation sites is 1. The van der Waals surface area contributed by atoms with Crippen LogP contribution in [0, 0.1) is 0 Å². The summed E-state index contributed by atoms with van der Waals surface area (Å²) in [5.41, 5.74) is 0.801. The first-order chi connectivity index (χ1) is 9.54. The lowest BCUT2D eigenvalue weighted by molar-refractivity contribution is -0.115. The fourth-order valence-electron chi connectivity index (χ4n) is 1.58. The number of amides is 1. The molecule has 2 N–H and O–H groups in total. The minimum absolute atomic E-state index is 0.194. The highest BCUT2D eigenvalue weighted by Gasteiger charge is 2.12. The van der Waals surface area contributed by atoms with E-state index in [2.05, 4.69) is 15.4 Å². The molecule has 1 amide bonds. The lowest BCUT2D eigenvalue weighted by Crippen LogP contribution is -2.33. The molecule has 0 unspecified atom stereocenters. The predicted octanol–water partition coefficient (Wildman–Crippen LogP) is 0.563. The zero-order valence-corrected chi connectivity index (χ0v) is 12.1. The van der Waals surface area contributed by atoms with Crippen molar-refractivity contribution in [3.63, 3.8) is 0 Å². The summed E-state index contributed by atoms with van der Waals surface area (Å²) in [4.78, 5) is 25.4. The molecule has 0 heterocycles. The van der Waals surface area contributed by atoms with Crippen LogP contribution < -0.4 is 10.6 Å². The van der Waals surface area contributed by atoms with Crippen LogP contribution in [-0.2, 0) is 9.53 Å². The second kappa shape index (κ2) is 8.29. The van der Waals surface area contributed by atoms with Crippen molar-refractivity contribution in [3.05, 3.63) is 29.8 Å². The summed E-state index contributed by atoms with van der Waals surface area (Å²) < 4.78 is 4.67. The van der Waals surface area contributed by atoms with Crippen LogP contribution in [0.4, 0.5) is 5.69 Å². The van der Waals surface area contributed by atoms with Gasteiger partial charge in [-0.3, -0.25) is 4.79 Å². The van der Waals surface area contributed by atoms with E-state index in [0.29, 0.717) is 11.3 Å². The predicted molar refractivity (Wildman–Crippen MR) is 77.8 cm³/mol. The third-order valence-electron chi connectivity index (χ3n) is 2.63. The van der Waals surface area contributed by atoms with Gasteiger partial charge >= 0.3 is 5.97 Å². The van der Waals surface area contributed by atoms with Gasteiger partial charge in [-0.05, 0) is 26.2 Å². The monoisotopic (exact) mass is 279 g/mol. The summed E-state index contributed by atoms with van der Waals surface area (Å²) in [5.74, 6) is -0.665. The quantitative estimate of drug-likeness (QED) is 0.564. The van der Waals surface area contributed by atoms with Crippen LogP contribution >= 0.6 is 0 Å². The van der Waals surface area contributed by atoms with Crippen molar-refractivity contribution in [2.45, 2.75) is 0 Å². The number of rotatable bonds is 7. The first-order valence-corrected chi connectivity index (χ1v) is 6.37. The lowest BCUT2D eigenvalue weighted by Gasteiger charge is -2.12. The lowest BCUT2D eigenvalue weighted by atomic mass is 10.2. The second-order valence-corrected chi connectivity index (χ2v) is 4.57. The molecule has 20 heavy (non-hydrogen) atoms. The molecule has 0 aliphatic carbocycles. The average Bonchev–Trinajstić information content (AvgIpc) is 2.43. The molecule has 0 bridgehead atoms. The third-order valence-corrected chi connectivity index (χ3v) is 2.63. The fourth-order valence-corrected chi connectivity index (χ4v) is 1.58. The molecule has 0 radical (unpaired) electrons. The number of methoxy groups -OCH3 is 1. The molecule has 6 nitrogen and oxygen atoms in total. The van der Waals surface area contributed by atoms with E-state index in [1.807, 2.05) is 19.0 Å². The number of carbonyl (C=O) groups is 2. The number of nitrogens with zero attached hydrogens (tertiary/aromatic N) is 1. The van der Waals surface area contributed by atoms with Crippen molar-refractivity contribution >= 4 is 17.6 Å². The SMILES string of the molecule is COC(=O)c1ccccc1NC(=O)CNCCN(C)C. The van der Waals surface area contributed by atoms with Gasteiger partial charge in [-0.15, -0.1) is 0 Å². The van der Waals surface area contributed by atoms with E-state index < -0.39 is 5.97 Å². The molecule has 0 spiro atoms. The second-order valence-electron chi connectivity index (χ2n) is 4.57. The Morgan fingerprint density at radius 1 is 1.25 bits per heavy atom. The van der Waals surface area contributed by atoms with Gasteiger partial charge in [-0.2, -0.15) is 0 Å². The van der Waals surface area contributed by atoms with E-state index in [9.17, 15) is 9.59 Å². The molecule has 0 saturated heterocycles. The summed E-state index contributed by atoms with van der Waals surface area (Å²) in [7, 11) is 5.24. The number of likely N-dealkylation sites (N-methyl/N-ethyl adjacent to an activating group) is 1. The normalized spacial score (nSPS) is 10.4. The molecule has 0 aliphatic heterocycles. The number of carbonyl (C=O) groups excluding carboxylic acids is 2. The van der Waals surface area contributed by atoms with Gasteiger partial charge in [0, 0.05) is 13.1 Å². The van der Waals surface area contributed by atoms with Gasteiger partial charge in [0.05, 0.1) is 24.9 Å². The molecule has 0 aromatic heterocycles. The summed E-state index contributed by atoms with van der Waals surface area (Å²) in [5, 5.41) is 5.73. The van der Waals surface area contributed by atoms with Gasteiger partial charge in [0.15, 0.2) is 0 Å². The molecular weight excluding hydrogens is 258 g/mol. The number of benzene rings is 1. The van der Waals surface area contributed by atoms with Crippen LogP contribution in [-0.4, -0.2) is 57.6 Å². The van der Waals surface area contributed by atoms with E-state index in [1.54, 1.807) is 24.3 Å². The largest absolute Gasteiger partial charge is 0.465 e. The van der Waals surface area contributed by atoms with E-state index in [-0.39, 0.29) is 12.5 Å². The summed E-state index contributed by atoms with van der Waals surface area (Å²) >= 11 is 0. The van der Waals surface area contributed by atoms with Gasteiger partial charge in [-0.25, -0.2) is 4.79 Å². The number of nitrogens with one attached hydrogen (secondary N) is 2. The maximum Gasteiger partial charge on any atom is 0.339 e. The summed E-state index contributed by atoms with van der Waals surface area (Å²) in [6, 6.07) is 6.75. The fraction of sp³-hybridized carbons (Fsp3) is 0.429. The highest BCUT2D eigenvalue weighted by atomic mass is 16.5. The van der Waals surface area contributed by atoms with Crippen molar-refractivity contribution < 1.29 is 14.3 Å². The van der Waals surface area contributed by atoms with Gasteiger partial charge in [0.25, 0.3) is 0 Å². The van der Waals surface area contributed by atoms with Gasteiger partial charge in [0.2, 0.25) is 5.91 Å². The molecule has 0 fully saturated rings. The van der Waals surface area contributed by atoms with Crippen molar-refractivity contribution in [2.75, 3.05) is 46.2 Å². The molecule has 110 valence electrons. The number of ether oxygens (including phenoxy) is 1. The summed E-state index contributed by atoms with van der Waals surface area (Å²) in [6.45, 7) is 1.77. The first-order valence-electron chi connectivity index (χ1n) is 6.37. The topological polar surface area (TPSA) is 70.7 Å². The molecule has 6 heteroatoms. The van der Waals surface area contributed by atoms with Crippen LogP contribution in [0.2, 0.25) is 0 Å². The molecule has 0 aliphatic rings. The van der Waals surface area contributed by atoms with Crippen molar-refractivity contribution in [3.8, 4) is 0 Å². The molecular formula is C14H21N3O3. The van der Waals surface area contributed by atoms with Gasteiger partial charge in [-0.1, -0.05) is 12.1 Å². The van der Waals surface area contributed by atoms with E-state index in [0.717, 1.165) is 13.1 Å². The van der Waals surface area contributed by atoms with Crippen LogP contribution in [0.25, 0.3) is 0 Å². The maximum absolute atomic E-state index is 11.8. The van der Waals surface area contributed by atoms with E-state index >= 15 is 0 Å². The Hall–Kier alpha value is -1.92. The minimum atomic E-state index is -0.471. The maximum atomic E-state index is 11.8. The first kappa shape index (κ1) is 16.1. The zero-order valence-electron chi connectivity index (χ0n) is 12.1. The molecule has 0 saturated carbocycles. The highest BCUT2D eigenvalue weighted by Crippen LogP contribution is 2.15. The highest BCUT2D eigenvalue weighted by molar-refractivity contribution is 6.01. The Morgan fingerprint density at radius 3 is 2.60 bits per heavy atom. The molecule has 0 atom stereocenters. The van der Waals surface area contributed by atoms with Crippen molar-refractivity contribution in [1.29, 1.82) is 0 Å². The van der Waals surface area contributed by atoms with Crippen molar-refractivity contribution in [1.82, 2.24) is 10.2 Å². The Balaban J connectivity index is 2.51. The van der Waals surface area contributed by atoms with E-state index in [1.165, 1.54) is 7.11 Å². The molecule has 1 aromatic rings. The molecule has 1 rings (SSSR count). The number of anilines is 1. The molecule has 1 aromatic carbocycles. The standard InChI is InChI=1S/C14H21N3O3/c1-17(2)9-8-15-10-13(18)16-12-7-5-4-6-11(12)14(19)20-3/h4-7,15H,8-10H2,1-3H3,(H,16,18). The van der Waals surface area contributed by atoms with Crippen molar-refractivity contribution in [2.24, 2.45) is 0 Å². The Labute approximate surface area is 119 Å².